The summed E-state index contributed by atoms with van der Waals surface area (Å²) in [6.07, 6.45) is 1.15. The van der Waals surface area contributed by atoms with Crippen LogP contribution in [0.2, 0.25) is 0 Å². The van der Waals surface area contributed by atoms with Crippen molar-refractivity contribution in [1.82, 2.24) is 9.47 Å². The quantitative estimate of drug-likeness (QED) is 0.193. The fraction of sp³-hybridized carbons (Fsp3) is 0.630. The van der Waals surface area contributed by atoms with E-state index in [0.717, 1.165) is 35.6 Å². The van der Waals surface area contributed by atoms with E-state index in [4.69, 9.17) is 9.47 Å². The molecule has 1 saturated heterocycles. The van der Waals surface area contributed by atoms with Gasteiger partial charge in [0.25, 0.3) is 0 Å². The molecule has 0 amide bonds. The molecule has 0 spiro atoms. The third-order valence-corrected chi connectivity index (χ3v) is 16.5. The summed E-state index contributed by atoms with van der Waals surface area (Å²) < 4.78 is 16.1. The highest BCUT2D eigenvalue weighted by atomic mass is 16.5. The first-order chi connectivity index (χ1) is 26.8. The van der Waals surface area contributed by atoms with Gasteiger partial charge in [-0.25, -0.2) is 0 Å². The molecule has 1 aromatic heterocycles. The third kappa shape index (κ3) is 7.31. The van der Waals surface area contributed by atoms with Gasteiger partial charge in [0.05, 0.1) is 24.4 Å². The number of phenols is 1. The monoisotopic (exact) mass is 807 g/mol. The van der Waals surface area contributed by atoms with E-state index in [-0.39, 0.29) is 27.7 Å². The van der Waals surface area contributed by atoms with E-state index >= 15 is 0 Å². The Bertz CT molecular complexity index is 2240. The number of ether oxygens (including phenoxy) is 2. The molecule has 4 aromatic rings. The lowest BCUT2D eigenvalue weighted by atomic mass is 9.52. The lowest BCUT2D eigenvalue weighted by Gasteiger charge is -2.54. The smallest absolute Gasteiger partial charge is 0.126 e. The minimum atomic E-state index is -0.427. The maximum atomic E-state index is 10.8. The zero-order chi connectivity index (χ0) is 45.0. The number of aromatic hydroxyl groups is 1. The van der Waals surface area contributed by atoms with Crippen LogP contribution in [0, 0.1) is 78.6 Å². The van der Waals surface area contributed by atoms with E-state index in [0.29, 0.717) is 17.8 Å². The molecule has 59 heavy (non-hydrogen) atoms. The van der Waals surface area contributed by atoms with Gasteiger partial charge in [0.15, 0.2) is 0 Å². The van der Waals surface area contributed by atoms with Crippen LogP contribution in [0.4, 0.5) is 0 Å². The molecule has 5 nitrogen and oxygen atoms in total. The second-order valence-corrected chi connectivity index (χ2v) is 22.3. The van der Waals surface area contributed by atoms with Gasteiger partial charge in [-0.3, -0.25) is 4.90 Å². The van der Waals surface area contributed by atoms with Gasteiger partial charge in [-0.15, -0.1) is 0 Å². The molecule has 1 N–H and O–H groups in total. The van der Waals surface area contributed by atoms with E-state index in [1.54, 1.807) is 7.11 Å². The predicted molar refractivity (Wildman–Crippen MR) is 253 cm³/mol. The number of hydrogen-bond donors (Lipinski definition) is 1. The van der Waals surface area contributed by atoms with E-state index in [2.05, 4.69) is 169 Å². The first-order valence-electron chi connectivity index (χ1n) is 22.4. The summed E-state index contributed by atoms with van der Waals surface area (Å²) in [6, 6.07) is 4.63. The van der Waals surface area contributed by atoms with Crippen LogP contribution in [-0.2, 0) is 5.41 Å². The van der Waals surface area contributed by atoms with Crippen LogP contribution in [0.15, 0.2) is 12.1 Å². The Kier molecular flexibility index (Phi) is 12.0. The lowest BCUT2D eigenvalue weighted by molar-refractivity contribution is -0.0519. The summed E-state index contributed by atoms with van der Waals surface area (Å²) >= 11 is 0. The molecule has 2 heterocycles. The normalized spacial score (nSPS) is 20.2. The number of aryl methyl sites for hydroxylation is 4. The van der Waals surface area contributed by atoms with Gasteiger partial charge in [-0.05, 0) is 193 Å². The number of methoxy groups -OCH3 is 1. The van der Waals surface area contributed by atoms with Crippen LogP contribution in [0.3, 0.4) is 0 Å². The zero-order valence-corrected chi connectivity index (χ0v) is 42.0. The van der Waals surface area contributed by atoms with Gasteiger partial charge in [0, 0.05) is 35.1 Å². The van der Waals surface area contributed by atoms with Gasteiger partial charge in [0.2, 0.25) is 0 Å². The van der Waals surface area contributed by atoms with Gasteiger partial charge in [0.1, 0.15) is 22.8 Å². The van der Waals surface area contributed by atoms with Crippen LogP contribution in [0.1, 0.15) is 171 Å². The average molecular weight is 807 g/mol. The number of likely N-dealkylation sites (tertiary alicyclic amines) is 1. The average Bonchev–Trinajstić information content (AvgIpc) is 3.45. The predicted octanol–water partition coefficient (Wildman–Crippen LogP) is 14.4. The topological polar surface area (TPSA) is 46.9 Å². The SMILES string of the molecule is COc1c(C)c(C)c2c(c1C)c(C(C)(C)C)c(-c1c(C)cc(O)cc1C)n2C(C)c1c(C)c(C)c(OC(C)(C)CN2C(C)CC(C)(C)C(C)(C)C(C)(C)C2C)c(C)c1C. The van der Waals surface area contributed by atoms with Gasteiger partial charge in [-0.2, -0.15) is 0 Å². The molecular formula is C54H82N2O3. The highest BCUT2D eigenvalue weighted by molar-refractivity contribution is 6.00. The number of benzene rings is 3. The largest absolute Gasteiger partial charge is 0.508 e. The van der Waals surface area contributed by atoms with E-state index in [1.165, 1.54) is 72.2 Å². The maximum Gasteiger partial charge on any atom is 0.126 e. The van der Waals surface area contributed by atoms with Crippen molar-refractivity contribution in [3.05, 3.63) is 73.3 Å². The number of phenolic OH excluding ortho intramolecular Hbond substituents is 1. The Morgan fingerprint density at radius 1 is 0.746 bits per heavy atom. The second kappa shape index (κ2) is 15.2. The van der Waals surface area contributed by atoms with Crippen LogP contribution >= 0.6 is 0 Å². The Labute approximate surface area is 360 Å². The van der Waals surface area contributed by atoms with E-state index < -0.39 is 5.60 Å². The minimum absolute atomic E-state index is 0.0192. The minimum Gasteiger partial charge on any atom is -0.508 e. The van der Waals surface area contributed by atoms with Crippen molar-refractivity contribution in [3.63, 3.8) is 0 Å². The summed E-state index contributed by atoms with van der Waals surface area (Å²) in [5.74, 6) is 2.27. The Hall–Kier alpha value is -3.44. The van der Waals surface area contributed by atoms with Crippen LogP contribution in [-0.4, -0.2) is 45.9 Å². The summed E-state index contributed by atoms with van der Waals surface area (Å²) in [5, 5.41) is 12.0. The van der Waals surface area contributed by atoms with Crippen molar-refractivity contribution in [1.29, 1.82) is 0 Å². The van der Waals surface area contributed by atoms with Crippen LogP contribution < -0.4 is 9.47 Å². The molecule has 1 aliphatic heterocycles. The fourth-order valence-electron chi connectivity index (χ4n) is 11.6. The van der Waals surface area contributed by atoms with E-state index in [9.17, 15) is 5.11 Å². The maximum absolute atomic E-state index is 10.8. The molecule has 3 unspecified atom stereocenters. The molecule has 5 rings (SSSR count). The van der Waals surface area contributed by atoms with Gasteiger partial charge < -0.3 is 19.1 Å². The summed E-state index contributed by atoms with van der Waals surface area (Å²) in [4.78, 5) is 2.75. The molecule has 1 aliphatic rings. The fourth-order valence-corrected chi connectivity index (χ4v) is 11.6. The molecule has 0 saturated carbocycles. The summed E-state index contributed by atoms with van der Waals surface area (Å²) in [5.41, 5.74) is 16.8. The lowest BCUT2D eigenvalue weighted by Crippen LogP contribution is -2.55. The van der Waals surface area contributed by atoms with Crippen molar-refractivity contribution in [2.24, 2.45) is 16.2 Å². The van der Waals surface area contributed by atoms with Gasteiger partial charge >= 0.3 is 0 Å². The molecule has 3 aromatic carbocycles. The molecule has 5 heteroatoms. The van der Waals surface area contributed by atoms with Crippen LogP contribution in [0.5, 0.6) is 17.2 Å². The molecule has 0 radical (unpaired) electrons. The first-order valence-corrected chi connectivity index (χ1v) is 22.4. The van der Waals surface area contributed by atoms with Crippen molar-refractivity contribution in [2.75, 3.05) is 13.7 Å². The number of fused-ring (bicyclic) bond motifs is 1. The standard InChI is InChI=1S/C54H82N2O3/c1-29-25-41(57)26-30(2)42(29)47-45(50(13,14)15)44-38(10)48(58-24)37(9)34(6)46(44)56(47)39(11)43-32(4)35(7)49(36(8)33(43)5)59-52(18,19)28-55-31(3)27-51(16,17)54(22,23)53(20,21)40(55)12/h25-26,31,39-40,57H,27-28H2,1-24H3. The molecule has 1 fully saturated rings. The zero-order valence-electron chi connectivity index (χ0n) is 42.0. The highest BCUT2D eigenvalue weighted by Crippen LogP contribution is 2.59. The van der Waals surface area contributed by atoms with Gasteiger partial charge in [-0.1, -0.05) is 62.3 Å². The van der Waals surface area contributed by atoms with Crippen LogP contribution in [0.25, 0.3) is 22.2 Å². The second-order valence-electron chi connectivity index (χ2n) is 22.3. The Morgan fingerprint density at radius 3 is 1.71 bits per heavy atom. The van der Waals surface area contributed by atoms with Crippen molar-refractivity contribution in [3.8, 4) is 28.5 Å². The first kappa shape index (κ1) is 46.6. The molecule has 0 aliphatic carbocycles. The number of aromatic nitrogens is 1. The summed E-state index contributed by atoms with van der Waals surface area (Å²) in [7, 11) is 1.80. The molecule has 3 atom stereocenters. The number of hydrogen-bond acceptors (Lipinski definition) is 4. The van der Waals surface area contributed by atoms with E-state index in [1.807, 2.05) is 12.1 Å². The Balaban J connectivity index is 1.75. The third-order valence-electron chi connectivity index (χ3n) is 16.5. The Morgan fingerprint density at radius 2 is 1.24 bits per heavy atom. The van der Waals surface area contributed by atoms with Crippen molar-refractivity contribution >= 4 is 10.9 Å². The number of nitrogens with zero attached hydrogens (tertiary/aromatic N) is 2. The highest BCUT2D eigenvalue weighted by Gasteiger charge is 2.55. The molecule has 0 bridgehead atoms. The number of rotatable bonds is 8. The molecular weight excluding hydrogens is 725 g/mol. The summed E-state index contributed by atoms with van der Waals surface area (Å²) in [6.45, 7) is 54.7. The molecule has 326 valence electrons. The van der Waals surface area contributed by atoms with Crippen molar-refractivity contribution in [2.45, 2.75) is 195 Å². The van der Waals surface area contributed by atoms with Crippen molar-refractivity contribution < 1.29 is 14.6 Å².